The fourth-order valence-electron chi connectivity index (χ4n) is 2.06. The highest BCUT2D eigenvalue weighted by Crippen LogP contribution is 2.04. The third kappa shape index (κ3) is 7.84. The van der Waals surface area contributed by atoms with Crippen molar-refractivity contribution in [2.45, 2.75) is 31.5 Å². The second kappa shape index (κ2) is 10.9. The van der Waals surface area contributed by atoms with Crippen molar-refractivity contribution in [2.75, 3.05) is 13.2 Å². The molecule has 0 aliphatic heterocycles. The number of aliphatic carboxylic acids is 1. The van der Waals surface area contributed by atoms with Gasteiger partial charge in [0.1, 0.15) is 18.1 Å². The number of carbonyl (C=O) groups excluding carboxylic acids is 3. The van der Waals surface area contributed by atoms with Gasteiger partial charge in [0.2, 0.25) is 17.7 Å². The van der Waals surface area contributed by atoms with Crippen LogP contribution in [0.2, 0.25) is 0 Å². The van der Waals surface area contributed by atoms with Gasteiger partial charge < -0.3 is 31.9 Å². The molecule has 3 amide bonds. The number of hydrogen-bond acceptors (Lipinski definition) is 6. The zero-order valence-corrected chi connectivity index (χ0v) is 14.8. The maximum absolute atomic E-state index is 12.4. The van der Waals surface area contributed by atoms with E-state index in [4.69, 9.17) is 15.9 Å². The summed E-state index contributed by atoms with van der Waals surface area (Å²) in [5.41, 5.74) is 6.08. The molecule has 1 rings (SSSR count). The molecule has 27 heavy (non-hydrogen) atoms. The Hall–Kier alpha value is -2.98. The van der Waals surface area contributed by atoms with Crippen molar-refractivity contribution < 1.29 is 29.4 Å². The molecule has 0 spiro atoms. The highest BCUT2D eigenvalue weighted by Gasteiger charge is 2.25. The fourth-order valence-corrected chi connectivity index (χ4v) is 2.06. The van der Waals surface area contributed by atoms with Gasteiger partial charge in [0.05, 0.1) is 13.2 Å². The number of carboxylic acid groups (broad SMARTS) is 1. The number of amides is 3. The van der Waals surface area contributed by atoms with E-state index in [9.17, 15) is 19.2 Å². The molecule has 0 radical (unpaired) electrons. The zero-order valence-electron chi connectivity index (χ0n) is 14.8. The lowest BCUT2D eigenvalue weighted by molar-refractivity contribution is -0.141. The number of aliphatic hydroxyl groups is 1. The van der Waals surface area contributed by atoms with Crippen molar-refractivity contribution in [1.82, 2.24) is 16.0 Å². The van der Waals surface area contributed by atoms with Gasteiger partial charge in [0.15, 0.2) is 0 Å². The molecule has 7 N–H and O–H groups in total. The lowest BCUT2D eigenvalue weighted by atomic mass is 10.0. The van der Waals surface area contributed by atoms with Crippen LogP contribution in [-0.2, 0) is 25.6 Å². The van der Waals surface area contributed by atoms with Gasteiger partial charge in [0, 0.05) is 6.42 Å². The van der Waals surface area contributed by atoms with Crippen molar-refractivity contribution in [3.8, 4) is 0 Å². The molecule has 3 atom stereocenters. The van der Waals surface area contributed by atoms with E-state index in [1.165, 1.54) is 6.92 Å². The molecule has 1 aromatic carbocycles. The largest absolute Gasteiger partial charge is 0.480 e. The number of rotatable bonds is 10. The van der Waals surface area contributed by atoms with E-state index in [2.05, 4.69) is 16.0 Å². The highest BCUT2D eigenvalue weighted by molar-refractivity contribution is 5.92. The van der Waals surface area contributed by atoms with Gasteiger partial charge in [-0.25, -0.2) is 0 Å². The first-order valence-electron chi connectivity index (χ1n) is 8.25. The van der Waals surface area contributed by atoms with Crippen LogP contribution in [-0.4, -0.2) is 65.2 Å². The minimum Gasteiger partial charge on any atom is -0.480 e. The van der Waals surface area contributed by atoms with Crippen molar-refractivity contribution in [2.24, 2.45) is 5.73 Å². The maximum Gasteiger partial charge on any atom is 0.325 e. The lowest BCUT2D eigenvalue weighted by Crippen LogP contribution is -2.54. The molecular formula is C17H24N4O6. The predicted octanol–water partition coefficient (Wildman–Crippen LogP) is -2.26. The first-order valence-corrected chi connectivity index (χ1v) is 8.25. The molecule has 1 aromatic rings. The summed E-state index contributed by atoms with van der Waals surface area (Å²) in [5.74, 6) is -3.25. The summed E-state index contributed by atoms with van der Waals surface area (Å²) in [6, 6.07) is 5.52. The van der Waals surface area contributed by atoms with E-state index >= 15 is 0 Å². The topological polar surface area (TPSA) is 171 Å². The summed E-state index contributed by atoms with van der Waals surface area (Å²) >= 11 is 0. The molecule has 0 bridgehead atoms. The predicted molar refractivity (Wildman–Crippen MR) is 95.4 cm³/mol. The van der Waals surface area contributed by atoms with Crippen LogP contribution in [0.25, 0.3) is 0 Å². The Kier molecular flexibility index (Phi) is 8.90. The third-order valence-electron chi connectivity index (χ3n) is 3.62. The van der Waals surface area contributed by atoms with E-state index in [-0.39, 0.29) is 6.42 Å². The molecule has 3 unspecified atom stereocenters. The maximum atomic E-state index is 12.4. The number of aliphatic hydroxyl groups excluding tert-OH is 1. The normalized spacial score (nSPS) is 13.7. The lowest BCUT2D eigenvalue weighted by Gasteiger charge is -2.20. The Morgan fingerprint density at radius 3 is 2.26 bits per heavy atom. The second-order valence-corrected chi connectivity index (χ2v) is 5.89. The van der Waals surface area contributed by atoms with E-state index in [1.54, 1.807) is 30.3 Å². The van der Waals surface area contributed by atoms with Gasteiger partial charge in [-0.1, -0.05) is 30.3 Å². The summed E-state index contributed by atoms with van der Waals surface area (Å²) < 4.78 is 0. The number of nitrogens with one attached hydrogen (secondary N) is 3. The number of benzene rings is 1. The van der Waals surface area contributed by atoms with Crippen LogP contribution < -0.4 is 21.7 Å². The minimum atomic E-state index is -1.21. The Morgan fingerprint density at radius 1 is 1.07 bits per heavy atom. The van der Waals surface area contributed by atoms with Crippen molar-refractivity contribution in [1.29, 1.82) is 0 Å². The van der Waals surface area contributed by atoms with Crippen molar-refractivity contribution >= 4 is 23.7 Å². The SMILES string of the molecule is CC(NC(=O)C(Cc1ccccc1)NC(=O)CNC(=O)C(N)CO)C(=O)O. The first kappa shape index (κ1) is 22.1. The quantitative estimate of drug-likeness (QED) is 0.266. The van der Waals surface area contributed by atoms with Crippen LogP contribution >= 0.6 is 0 Å². The second-order valence-electron chi connectivity index (χ2n) is 5.89. The van der Waals surface area contributed by atoms with Crippen LogP contribution in [0, 0.1) is 0 Å². The average molecular weight is 380 g/mol. The summed E-state index contributed by atoms with van der Waals surface area (Å²) in [6.07, 6.45) is 0.134. The van der Waals surface area contributed by atoms with Crippen molar-refractivity contribution in [3.05, 3.63) is 35.9 Å². The summed E-state index contributed by atoms with van der Waals surface area (Å²) in [7, 11) is 0. The fraction of sp³-hybridized carbons (Fsp3) is 0.412. The Labute approximate surface area is 156 Å². The van der Waals surface area contributed by atoms with E-state index in [1.807, 2.05) is 0 Å². The number of nitrogens with two attached hydrogens (primary N) is 1. The van der Waals surface area contributed by atoms with Gasteiger partial charge >= 0.3 is 5.97 Å². The molecule has 0 fully saturated rings. The molecule has 0 saturated heterocycles. The molecule has 0 saturated carbocycles. The molecule has 0 heterocycles. The van der Waals surface area contributed by atoms with Crippen molar-refractivity contribution in [3.63, 3.8) is 0 Å². The third-order valence-corrected chi connectivity index (χ3v) is 3.62. The molecule has 10 nitrogen and oxygen atoms in total. The van der Waals surface area contributed by atoms with Gasteiger partial charge in [-0.2, -0.15) is 0 Å². The number of hydrogen-bond donors (Lipinski definition) is 6. The van der Waals surface area contributed by atoms with Crippen LogP contribution in [0.4, 0.5) is 0 Å². The molecule has 0 aromatic heterocycles. The molecule has 0 aliphatic carbocycles. The standard InChI is InChI=1S/C17H24N4O6/c1-10(17(26)27)20-16(25)13(7-11-5-3-2-4-6-11)21-14(23)8-19-15(24)12(18)9-22/h2-6,10,12-13,22H,7-9,18H2,1H3,(H,19,24)(H,20,25)(H,21,23)(H,26,27). The monoisotopic (exact) mass is 380 g/mol. The first-order chi connectivity index (χ1) is 12.7. The summed E-state index contributed by atoms with van der Waals surface area (Å²) in [6.45, 7) is 0.289. The van der Waals surface area contributed by atoms with Crippen LogP contribution in [0.3, 0.4) is 0 Å². The number of carboxylic acids is 1. The van der Waals surface area contributed by atoms with Gasteiger partial charge in [-0.05, 0) is 12.5 Å². The van der Waals surface area contributed by atoms with Crippen LogP contribution in [0.5, 0.6) is 0 Å². The minimum absolute atomic E-state index is 0.134. The van der Waals surface area contributed by atoms with Gasteiger partial charge in [-0.15, -0.1) is 0 Å². The Balaban J connectivity index is 2.75. The van der Waals surface area contributed by atoms with Crippen LogP contribution in [0.1, 0.15) is 12.5 Å². The van der Waals surface area contributed by atoms with Gasteiger partial charge in [-0.3, -0.25) is 19.2 Å². The zero-order chi connectivity index (χ0) is 20.4. The summed E-state index contributed by atoms with van der Waals surface area (Å²) in [5, 5.41) is 24.7. The molecule has 148 valence electrons. The van der Waals surface area contributed by atoms with Crippen LogP contribution in [0.15, 0.2) is 30.3 Å². The molecule has 10 heteroatoms. The Morgan fingerprint density at radius 2 is 1.70 bits per heavy atom. The molecular weight excluding hydrogens is 356 g/mol. The van der Waals surface area contributed by atoms with Gasteiger partial charge in [0.25, 0.3) is 0 Å². The average Bonchev–Trinajstić information content (AvgIpc) is 2.65. The molecule has 0 aliphatic rings. The van der Waals surface area contributed by atoms with E-state index < -0.39 is 55.0 Å². The highest BCUT2D eigenvalue weighted by atomic mass is 16.4. The van der Waals surface area contributed by atoms with E-state index in [0.717, 1.165) is 5.56 Å². The Bertz CT molecular complexity index is 667. The van der Waals surface area contributed by atoms with E-state index in [0.29, 0.717) is 0 Å². The number of carbonyl (C=O) groups is 4. The smallest absolute Gasteiger partial charge is 0.325 e. The summed E-state index contributed by atoms with van der Waals surface area (Å²) in [4.78, 5) is 46.8.